The second-order valence-electron chi connectivity index (χ2n) is 13.5. The van der Waals surface area contributed by atoms with Gasteiger partial charge in [-0.25, -0.2) is 0 Å². The average molecular weight is 673 g/mol. The fourth-order valence-electron chi connectivity index (χ4n) is 8.33. The van der Waals surface area contributed by atoms with Crippen molar-refractivity contribution in [1.29, 1.82) is 5.26 Å². The molecule has 0 spiro atoms. The monoisotopic (exact) mass is 672 g/mol. The third-order valence-corrected chi connectivity index (χ3v) is 10.7. The zero-order chi connectivity index (χ0) is 35.3. The van der Waals surface area contributed by atoms with E-state index < -0.39 is 0 Å². The van der Waals surface area contributed by atoms with Crippen molar-refractivity contribution in [3.05, 3.63) is 200 Å². The van der Waals surface area contributed by atoms with Crippen molar-refractivity contribution in [2.24, 2.45) is 0 Å². The topological polar surface area (TPSA) is 28.7 Å². The highest BCUT2D eigenvalue weighted by atomic mass is 15.0. The summed E-state index contributed by atoms with van der Waals surface area (Å²) >= 11 is 0. The van der Waals surface area contributed by atoms with Crippen LogP contribution in [-0.4, -0.2) is 4.57 Å². The van der Waals surface area contributed by atoms with E-state index in [9.17, 15) is 5.26 Å². The van der Waals surface area contributed by atoms with Crippen LogP contribution in [0, 0.1) is 11.3 Å². The Bertz CT molecular complexity index is 2940. The molecule has 10 aromatic rings. The normalized spacial score (nSPS) is 11.4. The summed E-state index contributed by atoms with van der Waals surface area (Å²) in [6.07, 6.45) is 0. The second kappa shape index (κ2) is 12.5. The minimum atomic E-state index is 0.649. The van der Waals surface area contributed by atoms with Crippen LogP contribution in [-0.2, 0) is 0 Å². The fraction of sp³-hybridized carbons (Fsp3) is 0. The molecular weight excluding hydrogens is 641 g/mol. The molecule has 10 rings (SSSR count). The highest BCUT2D eigenvalue weighted by Crippen LogP contribution is 2.46. The number of hydrogen-bond donors (Lipinski definition) is 0. The zero-order valence-corrected chi connectivity index (χ0v) is 28.9. The standard InChI is InChI=1S/C51H32N2/c52-33-37-32-36(28-31-39(37)34-26-29-38(30-27-34)53-48-24-12-10-17-41(48)42-18-11-13-25-49(42)53)40-16-4-5-19-43(40)51-46-22-8-6-20-44(46)50(35-14-2-1-3-15-35)45-21-7-9-23-47(45)51/h1-32H. The van der Waals surface area contributed by atoms with Crippen LogP contribution in [0.25, 0.3) is 93.5 Å². The number of fused-ring (bicyclic) bond motifs is 5. The Labute approximate surface area is 308 Å². The summed E-state index contributed by atoms with van der Waals surface area (Å²) in [5.41, 5.74) is 12.9. The van der Waals surface area contributed by atoms with Crippen molar-refractivity contribution < 1.29 is 0 Å². The van der Waals surface area contributed by atoms with Gasteiger partial charge in [-0.15, -0.1) is 0 Å². The number of hydrogen-bond acceptors (Lipinski definition) is 1. The summed E-state index contributed by atoms with van der Waals surface area (Å²) in [6, 6.07) is 71.4. The summed E-state index contributed by atoms with van der Waals surface area (Å²) < 4.78 is 2.32. The van der Waals surface area contributed by atoms with Crippen LogP contribution in [0.3, 0.4) is 0 Å². The average Bonchev–Trinajstić information content (AvgIpc) is 3.57. The van der Waals surface area contributed by atoms with Crippen molar-refractivity contribution in [2.45, 2.75) is 0 Å². The van der Waals surface area contributed by atoms with Gasteiger partial charge in [0.15, 0.2) is 0 Å². The molecule has 1 heterocycles. The van der Waals surface area contributed by atoms with Crippen LogP contribution in [0.5, 0.6) is 0 Å². The molecule has 2 nitrogen and oxygen atoms in total. The molecule has 0 amide bonds. The first-order valence-electron chi connectivity index (χ1n) is 18.0. The number of para-hydroxylation sites is 2. The van der Waals surface area contributed by atoms with Gasteiger partial charge < -0.3 is 4.57 Å². The maximum absolute atomic E-state index is 10.5. The molecule has 0 fully saturated rings. The minimum absolute atomic E-state index is 0.649. The maximum atomic E-state index is 10.5. The molecule has 1 aromatic heterocycles. The second-order valence-corrected chi connectivity index (χ2v) is 13.5. The smallest absolute Gasteiger partial charge is 0.0998 e. The Hall–Kier alpha value is -7.21. The number of benzene rings is 9. The van der Waals surface area contributed by atoms with E-state index >= 15 is 0 Å². The van der Waals surface area contributed by atoms with Crippen LogP contribution < -0.4 is 0 Å². The number of nitrogens with zero attached hydrogens (tertiary/aromatic N) is 2. The van der Waals surface area contributed by atoms with Crippen LogP contribution in [0.1, 0.15) is 5.56 Å². The van der Waals surface area contributed by atoms with Gasteiger partial charge in [-0.2, -0.15) is 5.26 Å². The SMILES string of the molecule is N#Cc1cc(-c2ccccc2-c2c3ccccc3c(-c3ccccc3)c3ccccc23)ccc1-c1ccc(-n2c3ccccc3c3ccccc32)cc1. The summed E-state index contributed by atoms with van der Waals surface area (Å²) in [4.78, 5) is 0. The van der Waals surface area contributed by atoms with Gasteiger partial charge in [-0.1, -0.05) is 164 Å². The van der Waals surface area contributed by atoms with E-state index in [1.54, 1.807) is 0 Å². The highest BCUT2D eigenvalue weighted by molar-refractivity contribution is 6.22. The number of aromatic nitrogens is 1. The summed E-state index contributed by atoms with van der Waals surface area (Å²) in [5, 5.41) is 17.9. The Morgan fingerprint density at radius 3 is 1.40 bits per heavy atom. The molecule has 0 aliphatic rings. The van der Waals surface area contributed by atoms with E-state index in [0.29, 0.717) is 5.56 Å². The molecule has 0 saturated carbocycles. The van der Waals surface area contributed by atoms with Gasteiger partial charge in [0.1, 0.15) is 0 Å². The van der Waals surface area contributed by atoms with Gasteiger partial charge in [0.25, 0.3) is 0 Å². The zero-order valence-electron chi connectivity index (χ0n) is 28.9. The quantitative estimate of drug-likeness (QED) is 0.167. The highest BCUT2D eigenvalue weighted by Gasteiger charge is 2.19. The maximum Gasteiger partial charge on any atom is 0.0998 e. The van der Waals surface area contributed by atoms with E-state index in [4.69, 9.17) is 0 Å². The van der Waals surface area contributed by atoms with E-state index in [-0.39, 0.29) is 0 Å². The Morgan fingerprint density at radius 1 is 0.340 bits per heavy atom. The molecule has 9 aromatic carbocycles. The largest absolute Gasteiger partial charge is 0.309 e. The Morgan fingerprint density at radius 2 is 0.811 bits per heavy atom. The van der Waals surface area contributed by atoms with Gasteiger partial charge in [0, 0.05) is 16.5 Å². The predicted molar refractivity (Wildman–Crippen MR) is 222 cm³/mol. The number of rotatable bonds is 5. The van der Waals surface area contributed by atoms with Crippen LogP contribution >= 0.6 is 0 Å². The van der Waals surface area contributed by atoms with Crippen molar-refractivity contribution in [3.8, 4) is 56.3 Å². The van der Waals surface area contributed by atoms with Crippen molar-refractivity contribution in [2.75, 3.05) is 0 Å². The lowest BCUT2D eigenvalue weighted by Crippen LogP contribution is -1.94. The van der Waals surface area contributed by atoms with E-state index in [1.165, 1.54) is 60.0 Å². The van der Waals surface area contributed by atoms with E-state index in [2.05, 4.69) is 205 Å². The predicted octanol–water partition coefficient (Wildman–Crippen LogP) is 13.6. The molecule has 0 aliphatic carbocycles. The van der Waals surface area contributed by atoms with Crippen molar-refractivity contribution >= 4 is 43.4 Å². The molecule has 0 aliphatic heterocycles. The van der Waals surface area contributed by atoms with Crippen LogP contribution in [0.15, 0.2) is 194 Å². The fourth-order valence-corrected chi connectivity index (χ4v) is 8.33. The van der Waals surface area contributed by atoms with Gasteiger partial charge in [0.05, 0.1) is 22.7 Å². The Kier molecular flexibility index (Phi) is 7.23. The number of nitriles is 1. The molecule has 0 saturated heterocycles. The summed E-state index contributed by atoms with van der Waals surface area (Å²) in [7, 11) is 0. The first kappa shape index (κ1) is 30.6. The Balaban J connectivity index is 1.10. The first-order valence-corrected chi connectivity index (χ1v) is 18.0. The van der Waals surface area contributed by atoms with Gasteiger partial charge in [-0.05, 0) is 96.4 Å². The van der Waals surface area contributed by atoms with Crippen molar-refractivity contribution in [3.63, 3.8) is 0 Å². The summed E-state index contributed by atoms with van der Waals surface area (Å²) in [5.74, 6) is 0. The molecule has 53 heavy (non-hydrogen) atoms. The molecule has 0 radical (unpaired) electrons. The lowest BCUT2D eigenvalue weighted by Gasteiger charge is -2.20. The minimum Gasteiger partial charge on any atom is -0.309 e. The lowest BCUT2D eigenvalue weighted by molar-refractivity contribution is 1.18. The van der Waals surface area contributed by atoms with Crippen LogP contribution in [0.4, 0.5) is 0 Å². The third kappa shape index (κ3) is 4.94. The molecule has 0 bridgehead atoms. The lowest BCUT2D eigenvalue weighted by atomic mass is 9.83. The van der Waals surface area contributed by atoms with Crippen LogP contribution in [0.2, 0.25) is 0 Å². The molecule has 0 N–H and O–H groups in total. The van der Waals surface area contributed by atoms with E-state index in [0.717, 1.165) is 33.5 Å². The van der Waals surface area contributed by atoms with E-state index in [1.807, 2.05) is 0 Å². The first-order chi connectivity index (χ1) is 26.3. The molecule has 2 heteroatoms. The van der Waals surface area contributed by atoms with Gasteiger partial charge in [-0.3, -0.25) is 0 Å². The third-order valence-electron chi connectivity index (χ3n) is 10.7. The molecule has 0 unspecified atom stereocenters. The van der Waals surface area contributed by atoms with Crippen molar-refractivity contribution in [1.82, 2.24) is 4.57 Å². The van der Waals surface area contributed by atoms with Gasteiger partial charge >= 0.3 is 0 Å². The molecule has 246 valence electrons. The summed E-state index contributed by atoms with van der Waals surface area (Å²) in [6.45, 7) is 0. The van der Waals surface area contributed by atoms with Gasteiger partial charge in [0.2, 0.25) is 0 Å². The molecular formula is C51H32N2. The molecule has 0 atom stereocenters.